The van der Waals surface area contributed by atoms with Gasteiger partial charge in [-0.25, -0.2) is 0 Å². The molecule has 1 fully saturated rings. The number of benzene rings is 2. The van der Waals surface area contributed by atoms with Crippen molar-refractivity contribution >= 4 is 0 Å². The molecule has 0 bridgehead atoms. The van der Waals surface area contributed by atoms with Crippen molar-refractivity contribution in [2.45, 2.75) is 27.0 Å². The van der Waals surface area contributed by atoms with Crippen molar-refractivity contribution in [3.05, 3.63) is 65.2 Å². The minimum Gasteiger partial charge on any atom is -0.489 e. The molecule has 0 aliphatic carbocycles. The highest BCUT2D eigenvalue weighted by atomic mass is 16.5. The summed E-state index contributed by atoms with van der Waals surface area (Å²) in [5.74, 6) is 1.59. The number of piperazine rings is 1. The van der Waals surface area contributed by atoms with Gasteiger partial charge in [0.1, 0.15) is 12.4 Å². The van der Waals surface area contributed by atoms with Crippen LogP contribution in [0.1, 0.15) is 23.6 Å². The number of likely N-dealkylation sites (N-methyl/N-ethyl adjacent to an activating group) is 1. The van der Waals surface area contributed by atoms with Gasteiger partial charge in [0.25, 0.3) is 0 Å². The fourth-order valence-corrected chi connectivity index (χ4v) is 3.55. The summed E-state index contributed by atoms with van der Waals surface area (Å²) in [5, 5.41) is 3.60. The first-order valence-corrected chi connectivity index (χ1v) is 10.5. The van der Waals surface area contributed by atoms with E-state index in [0.29, 0.717) is 12.5 Å². The number of rotatable bonds is 9. The van der Waals surface area contributed by atoms with Crippen molar-refractivity contribution in [1.82, 2.24) is 15.1 Å². The number of hydrogen-bond donors (Lipinski definition) is 1. The Morgan fingerprint density at radius 3 is 2.25 bits per heavy atom. The lowest BCUT2D eigenvalue weighted by Crippen LogP contribution is -2.46. The Bertz CT molecular complexity index is 691. The molecule has 1 aliphatic rings. The van der Waals surface area contributed by atoms with Crippen LogP contribution in [0.15, 0.2) is 48.5 Å². The Morgan fingerprint density at radius 1 is 0.929 bits per heavy atom. The molecular weight excluding hydrogens is 346 g/mol. The van der Waals surface area contributed by atoms with Gasteiger partial charge in [0.05, 0.1) is 0 Å². The molecule has 2 aromatic rings. The molecule has 3 rings (SSSR count). The van der Waals surface area contributed by atoms with Crippen molar-refractivity contribution < 1.29 is 4.74 Å². The van der Waals surface area contributed by atoms with E-state index in [2.05, 4.69) is 84.5 Å². The zero-order valence-corrected chi connectivity index (χ0v) is 17.7. The van der Waals surface area contributed by atoms with Crippen LogP contribution in [0.5, 0.6) is 5.75 Å². The van der Waals surface area contributed by atoms with Crippen LogP contribution in [-0.2, 0) is 13.2 Å². The molecule has 28 heavy (non-hydrogen) atoms. The van der Waals surface area contributed by atoms with Crippen LogP contribution in [0.2, 0.25) is 0 Å². The number of nitrogens with zero attached hydrogens (tertiary/aromatic N) is 2. The molecule has 1 saturated heterocycles. The highest BCUT2D eigenvalue weighted by Crippen LogP contribution is 2.15. The van der Waals surface area contributed by atoms with Gasteiger partial charge in [-0.3, -0.25) is 0 Å². The average molecular weight is 382 g/mol. The van der Waals surface area contributed by atoms with Crippen LogP contribution in [0.25, 0.3) is 0 Å². The molecule has 4 nitrogen and oxygen atoms in total. The fraction of sp³-hybridized carbons (Fsp3) is 0.500. The first kappa shape index (κ1) is 20.8. The first-order chi connectivity index (χ1) is 13.6. The molecule has 2 aromatic carbocycles. The van der Waals surface area contributed by atoms with E-state index >= 15 is 0 Å². The quantitative estimate of drug-likeness (QED) is 0.719. The van der Waals surface area contributed by atoms with Gasteiger partial charge >= 0.3 is 0 Å². The van der Waals surface area contributed by atoms with Gasteiger partial charge in [-0.1, -0.05) is 48.9 Å². The van der Waals surface area contributed by atoms with E-state index in [4.69, 9.17) is 4.74 Å². The lowest BCUT2D eigenvalue weighted by atomic mass is 10.1. The van der Waals surface area contributed by atoms with E-state index in [0.717, 1.165) is 18.8 Å². The Morgan fingerprint density at radius 2 is 1.57 bits per heavy atom. The van der Waals surface area contributed by atoms with Crippen molar-refractivity contribution in [2.24, 2.45) is 5.92 Å². The molecule has 0 amide bonds. The summed E-state index contributed by atoms with van der Waals surface area (Å²) in [6.07, 6.45) is 0. The molecule has 0 spiro atoms. The summed E-state index contributed by atoms with van der Waals surface area (Å²) in [6, 6.07) is 16.9. The van der Waals surface area contributed by atoms with E-state index < -0.39 is 0 Å². The van der Waals surface area contributed by atoms with E-state index in [9.17, 15) is 0 Å². The van der Waals surface area contributed by atoms with Crippen LogP contribution in [0.3, 0.4) is 0 Å². The second kappa shape index (κ2) is 10.6. The maximum Gasteiger partial charge on any atom is 0.119 e. The van der Waals surface area contributed by atoms with E-state index in [1.807, 2.05) is 0 Å². The van der Waals surface area contributed by atoms with Gasteiger partial charge in [-0.15, -0.1) is 0 Å². The minimum atomic E-state index is 0.613. The first-order valence-electron chi connectivity index (χ1n) is 10.5. The topological polar surface area (TPSA) is 27.7 Å². The molecule has 1 N–H and O–H groups in total. The largest absolute Gasteiger partial charge is 0.489 e. The molecule has 152 valence electrons. The Kier molecular flexibility index (Phi) is 7.90. The molecular formula is C24H35N3O. The maximum atomic E-state index is 5.89. The number of ether oxygens (including phenoxy) is 1. The third-order valence-electron chi connectivity index (χ3n) is 5.44. The van der Waals surface area contributed by atoms with Crippen molar-refractivity contribution in [3.63, 3.8) is 0 Å². The van der Waals surface area contributed by atoms with Gasteiger partial charge in [0.15, 0.2) is 0 Å². The van der Waals surface area contributed by atoms with Gasteiger partial charge in [0.2, 0.25) is 0 Å². The molecule has 4 heteroatoms. The third-order valence-corrected chi connectivity index (χ3v) is 5.44. The summed E-state index contributed by atoms with van der Waals surface area (Å²) in [6.45, 7) is 13.0. The Hall–Kier alpha value is -1.88. The summed E-state index contributed by atoms with van der Waals surface area (Å²) >= 11 is 0. The Labute approximate surface area is 170 Å². The highest BCUT2D eigenvalue weighted by molar-refractivity contribution is 5.28. The molecule has 0 saturated carbocycles. The van der Waals surface area contributed by atoms with E-state index in [1.165, 1.54) is 49.4 Å². The lowest BCUT2D eigenvalue weighted by molar-refractivity contribution is 0.138. The summed E-state index contributed by atoms with van der Waals surface area (Å²) in [5.41, 5.74) is 3.78. The van der Waals surface area contributed by atoms with E-state index in [1.54, 1.807) is 0 Å². The third kappa shape index (κ3) is 6.93. The van der Waals surface area contributed by atoms with Crippen LogP contribution >= 0.6 is 0 Å². The zero-order chi connectivity index (χ0) is 19.8. The monoisotopic (exact) mass is 381 g/mol. The van der Waals surface area contributed by atoms with Crippen LogP contribution in [-0.4, -0.2) is 56.1 Å². The van der Waals surface area contributed by atoms with Crippen LogP contribution < -0.4 is 10.1 Å². The van der Waals surface area contributed by atoms with Crippen molar-refractivity contribution in [2.75, 3.05) is 46.3 Å². The summed E-state index contributed by atoms with van der Waals surface area (Å²) < 4.78 is 5.89. The number of aryl methyl sites for hydroxylation is 1. The second-order valence-electron chi connectivity index (χ2n) is 8.26. The average Bonchev–Trinajstić information content (AvgIpc) is 2.70. The lowest BCUT2D eigenvalue weighted by Gasteiger charge is -2.34. The normalized spacial score (nSPS) is 16.8. The molecule has 0 aromatic heterocycles. The smallest absolute Gasteiger partial charge is 0.119 e. The maximum absolute atomic E-state index is 5.89. The van der Waals surface area contributed by atoms with Gasteiger partial charge in [-0.2, -0.15) is 0 Å². The molecule has 1 atom stereocenters. The minimum absolute atomic E-state index is 0.613. The standard InChI is InChI=1S/C24H35N3O/c1-20-4-6-23(7-5-20)19-28-24-10-8-22(9-11-24)17-25-16-21(2)18-27-14-12-26(3)13-15-27/h4-11,21,25H,12-19H2,1-3H3. The van der Waals surface area contributed by atoms with Gasteiger partial charge in [0, 0.05) is 39.3 Å². The molecule has 1 heterocycles. The summed E-state index contributed by atoms with van der Waals surface area (Å²) in [4.78, 5) is 5.00. The zero-order valence-electron chi connectivity index (χ0n) is 17.7. The fourth-order valence-electron chi connectivity index (χ4n) is 3.55. The molecule has 1 aliphatic heterocycles. The second-order valence-corrected chi connectivity index (χ2v) is 8.26. The highest BCUT2D eigenvalue weighted by Gasteiger charge is 2.15. The summed E-state index contributed by atoms with van der Waals surface area (Å²) in [7, 11) is 2.21. The number of nitrogens with one attached hydrogen (secondary N) is 1. The predicted octanol–water partition coefficient (Wildman–Crippen LogP) is 3.55. The van der Waals surface area contributed by atoms with Crippen LogP contribution in [0, 0.1) is 12.8 Å². The molecule has 0 radical (unpaired) electrons. The Balaban J connectivity index is 1.34. The van der Waals surface area contributed by atoms with Crippen molar-refractivity contribution in [3.8, 4) is 5.75 Å². The SMILES string of the molecule is Cc1ccc(COc2ccc(CNCC(C)CN3CCN(C)CC3)cc2)cc1. The predicted molar refractivity (Wildman–Crippen MR) is 117 cm³/mol. The molecule has 1 unspecified atom stereocenters. The number of hydrogen-bond acceptors (Lipinski definition) is 4. The van der Waals surface area contributed by atoms with Crippen LogP contribution in [0.4, 0.5) is 0 Å². The van der Waals surface area contributed by atoms with Gasteiger partial charge in [-0.05, 0) is 49.7 Å². The van der Waals surface area contributed by atoms with Crippen molar-refractivity contribution in [1.29, 1.82) is 0 Å². The van der Waals surface area contributed by atoms with Gasteiger partial charge < -0.3 is 19.9 Å². The van der Waals surface area contributed by atoms with E-state index in [-0.39, 0.29) is 0 Å².